The summed E-state index contributed by atoms with van der Waals surface area (Å²) in [6.07, 6.45) is 3.35. The van der Waals surface area contributed by atoms with E-state index in [1.165, 1.54) is 0 Å². The van der Waals surface area contributed by atoms with Gasteiger partial charge >= 0.3 is 0 Å². The van der Waals surface area contributed by atoms with Crippen LogP contribution in [-0.2, 0) is 16.6 Å². The van der Waals surface area contributed by atoms with Crippen molar-refractivity contribution in [3.63, 3.8) is 0 Å². The number of aryl methyl sites for hydroxylation is 2. The number of fused-ring (bicyclic) bond motifs is 1. The van der Waals surface area contributed by atoms with Gasteiger partial charge in [0.1, 0.15) is 4.90 Å². The highest BCUT2D eigenvalue weighted by Crippen LogP contribution is 2.29. The molecule has 1 aromatic carbocycles. The van der Waals surface area contributed by atoms with Crippen LogP contribution in [0, 0.1) is 13.8 Å². The van der Waals surface area contributed by atoms with E-state index in [2.05, 4.69) is 20.0 Å². The number of nitrogens with zero attached hydrogens (tertiary/aromatic N) is 2. The first-order valence-corrected chi connectivity index (χ1v) is 8.28. The van der Waals surface area contributed by atoms with Gasteiger partial charge in [-0.25, -0.2) is 18.1 Å². The molecule has 0 radical (unpaired) electrons. The molecule has 1 aliphatic heterocycles. The summed E-state index contributed by atoms with van der Waals surface area (Å²) in [5.41, 5.74) is 3.22. The molecule has 0 saturated heterocycles. The second-order valence-electron chi connectivity index (χ2n) is 5.21. The van der Waals surface area contributed by atoms with Crippen LogP contribution in [0.4, 0.5) is 5.69 Å². The topological polar surface area (TPSA) is 83.4 Å². The molecule has 114 valence electrons. The Morgan fingerprint density at radius 1 is 1.18 bits per heavy atom. The van der Waals surface area contributed by atoms with Crippen LogP contribution >= 0.6 is 0 Å². The summed E-state index contributed by atoms with van der Waals surface area (Å²) in [6, 6.07) is 7.33. The van der Waals surface area contributed by atoms with Gasteiger partial charge < -0.3 is 5.32 Å². The summed E-state index contributed by atoms with van der Waals surface area (Å²) >= 11 is 0. The number of anilines is 1. The predicted molar refractivity (Wildman–Crippen MR) is 85.2 cm³/mol. The van der Waals surface area contributed by atoms with Crippen LogP contribution in [0.1, 0.15) is 16.7 Å². The number of benzene rings is 1. The molecule has 0 atom stereocenters. The molecule has 0 amide bonds. The van der Waals surface area contributed by atoms with Gasteiger partial charge in [0.15, 0.2) is 0 Å². The molecular weight excluding hydrogens is 300 g/mol. The number of aromatic nitrogens is 1. The first-order chi connectivity index (χ1) is 10.5. The van der Waals surface area contributed by atoms with E-state index in [1.807, 2.05) is 31.2 Å². The van der Waals surface area contributed by atoms with Gasteiger partial charge in [0, 0.05) is 12.4 Å². The van der Waals surface area contributed by atoms with Gasteiger partial charge in [-0.1, -0.05) is 6.07 Å². The van der Waals surface area contributed by atoms with Gasteiger partial charge in [-0.3, -0.25) is 4.98 Å². The van der Waals surface area contributed by atoms with Gasteiger partial charge in [-0.2, -0.15) is 0 Å². The quantitative estimate of drug-likeness (QED) is 0.887. The van der Waals surface area contributed by atoms with Gasteiger partial charge in [0.05, 0.1) is 12.2 Å². The Morgan fingerprint density at radius 2 is 1.91 bits per heavy atom. The summed E-state index contributed by atoms with van der Waals surface area (Å²) in [5, 5.41) is 3.05. The molecule has 7 heteroatoms. The fourth-order valence-corrected chi connectivity index (χ4v) is 3.82. The molecule has 2 N–H and O–H groups in total. The van der Waals surface area contributed by atoms with E-state index in [4.69, 9.17) is 0 Å². The van der Waals surface area contributed by atoms with Crippen molar-refractivity contribution in [1.82, 2.24) is 9.71 Å². The Hall–Kier alpha value is -2.41. The number of pyridine rings is 1. The highest BCUT2D eigenvalue weighted by molar-refractivity contribution is 7.90. The summed E-state index contributed by atoms with van der Waals surface area (Å²) in [7, 11) is -3.60. The molecule has 0 aliphatic carbocycles. The lowest BCUT2D eigenvalue weighted by molar-refractivity contribution is 0.591. The Kier molecular flexibility index (Phi) is 3.58. The van der Waals surface area contributed by atoms with Crippen LogP contribution in [0.3, 0.4) is 0 Å². The van der Waals surface area contributed by atoms with Crippen molar-refractivity contribution in [3.8, 4) is 0 Å². The average molecular weight is 316 g/mol. The fourth-order valence-electron chi connectivity index (χ4n) is 2.47. The molecule has 22 heavy (non-hydrogen) atoms. The van der Waals surface area contributed by atoms with Crippen LogP contribution in [0.2, 0.25) is 0 Å². The van der Waals surface area contributed by atoms with E-state index in [0.717, 1.165) is 11.1 Å². The van der Waals surface area contributed by atoms with Crippen molar-refractivity contribution >= 4 is 21.7 Å². The van der Waals surface area contributed by atoms with Crippen LogP contribution in [0.15, 0.2) is 46.5 Å². The minimum absolute atomic E-state index is 0.231. The van der Waals surface area contributed by atoms with Crippen molar-refractivity contribution in [2.24, 2.45) is 4.99 Å². The zero-order valence-corrected chi connectivity index (χ0v) is 13.1. The van der Waals surface area contributed by atoms with Crippen molar-refractivity contribution in [2.75, 3.05) is 5.32 Å². The SMILES string of the molecule is Cc1cc(C)c2c(c1)NC(=NCc1ccncc1)NS2(=O)=O. The minimum Gasteiger partial charge on any atom is -0.324 e. The third kappa shape index (κ3) is 2.80. The third-order valence-corrected chi connectivity index (χ3v) is 4.88. The normalized spacial score (nSPS) is 17.5. The average Bonchev–Trinajstić information content (AvgIpc) is 2.44. The zero-order chi connectivity index (χ0) is 15.7. The fraction of sp³-hybridized carbons (Fsp3) is 0.200. The third-order valence-electron chi connectivity index (χ3n) is 3.34. The van der Waals surface area contributed by atoms with Gasteiger partial charge in [0.2, 0.25) is 5.96 Å². The summed E-state index contributed by atoms with van der Waals surface area (Å²) in [5.74, 6) is 0.231. The van der Waals surface area contributed by atoms with Gasteiger partial charge in [-0.15, -0.1) is 0 Å². The lowest BCUT2D eigenvalue weighted by Gasteiger charge is -2.23. The lowest BCUT2D eigenvalue weighted by Crippen LogP contribution is -2.41. The number of aliphatic imine (C=N–C) groups is 1. The number of guanidine groups is 1. The van der Waals surface area contributed by atoms with E-state index in [1.54, 1.807) is 19.3 Å². The second kappa shape index (κ2) is 5.42. The van der Waals surface area contributed by atoms with Crippen molar-refractivity contribution in [1.29, 1.82) is 0 Å². The zero-order valence-electron chi connectivity index (χ0n) is 12.3. The maximum atomic E-state index is 12.4. The van der Waals surface area contributed by atoms with Crippen molar-refractivity contribution in [2.45, 2.75) is 25.3 Å². The number of hydrogen-bond acceptors (Lipinski definition) is 4. The number of sulfonamides is 1. The highest BCUT2D eigenvalue weighted by Gasteiger charge is 2.28. The van der Waals surface area contributed by atoms with E-state index < -0.39 is 10.0 Å². The summed E-state index contributed by atoms with van der Waals surface area (Å²) in [6.45, 7) is 4.08. The van der Waals surface area contributed by atoms with E-state index in [9.17, 15) is 8.42 Å². The van der Waals surface area contributed by atoms with Gasteiger partial charge in [0.25, 0.3) is 10.0 Å². The molecular formula is C15H16N4O2S. The molecule has 2 heterocycles. The number of rotatable bonds is 2. The van der Waals surface area contributed by atoms with Crippen LogP contribution in [0.25, 0.3) is 0 Å². The molecule has 2 aromatic rings. The summed E-state index contributed by atoms with van der Waals surface area (Å²) in [4.78, 5) is 8.51. The molecule has 3 rings (SSSR count). The standard InChI is InChI=1S/C15H16N4O2S/c1-10-7-11(2)14-13(8-10)18-15(19-22(14,20)21)17-9-12-3-5-16-6-4-12/h3-8H,9H2,1-2H3,(H2,17,18,19). The smallest absolute Gasteiger partial charge is 0.266 e. The van der Waals surface area contributed by atoms with Crippen molar-refractivity contribution in [3.05, 3.63) is 53.3 Å². The van der Waals surface area contributed by atoms with Crippen molar-refractivity contribution < 1.29 is 8.42 Å². The predicted octanol–water partition coefficient (Wildman–Crippen LogP) is 1.96. The first-order valence-electron chi connectivity index (χ1n) is 6.80. The molecule has 0 fully saturated rings. The lowest BCUT2D eigenvalue weighted by atomic mass is 10.1. The Morgan fingerprint density at radius 3 is 2.64 bits per heavy atom. The number of nitrogens with one attached hydrogen (secondary N) is 2. The maximum absolute atomic E-state index is 12.4. The van der Waals surface area contributed by atoms with E-state index >= 15 is 0 Å². The largest absolute Gasteiger partial charge is 0.324 e. The Labute approximate surface area is 129 Å². The van der Waals surface area contributed by atoms with Crippen LogP contribution < -0.4 is 10.0 Å². The van der Waals surface area contributed by atoms with E-state index in [-0.39, 0.29) is 10.9 Å². The van der Waals surface area contributed by atoms with Gasteiger partial charge in [-0.05, 0) is 48.7 Å². The Bertz CT molecular complexity index is 845. The molecule has 1 aliphatic rings. The maximum Gasteiger partial charge on any atom is 0.266 e. The number of hydrogen-bond donors (Lipinski definition) is 2. The minimum atomic E-state index is -3.60. The molecule has 0 spiro atoms. The molecule has 0 saturated carbocycles. The van der Waals surface area contributed by atoms with Crippen LogP contribution in [0.5, 0.6) is 0 Å². The molecule has 0 bridgehead atoms. The van der Waals surface area contributed by atoms with E-state index in [0.29, 0.717) is 17.8 Å². The monoisotopic (exact) mass is 316 g/mol. The second-order valence-corrected chi connectivity index (χ2v) is 6.83. The molecule has 1 aromatic heterocycles. The molecule has 0 unspecified atom stereocenters. The highest BCUT2D eigenvalue weighted by atomic mass is 32.2. The van der Waals surface area contributed by atoms with Crippen LogP contribution in [-0.4, -0.2) is 19.4 Å². The first kappa shape index (κ1) is 14.5. The summed E-state index contributed by atoms with van der Waals surface area (Å²) < 4.78 is 27.2. The Balaban J connectivity index is 1.95. The molecule has 6 nitrogen and oxygen atoms in total.